The van der Waals surface area contributed by atoms with Gasteiger partial charge in [-0.15, -0.1) is 0 Å². The quantitative estimate of drug-likeness (QED) is 0.847. The molecule has 0 saturated carbocycles. The molecular formula is C15H15Cl2NO. The second kappa shape index (κ2) is 6.80. The van der Waals surface area contributed by atoms with Crippen LogP contribution in [0.2, 0.25) is 10.0 Å². The van der Waals surface area contributed by atoms with Gasteiger partial charge in [-0.05, 0) is 49.0 Å². The van der Waals surface area contributed by atoms with Gasteiger partial charge < -0.3 is 10.1 Å². The van der Waals surface area contributed by atoms with E-state index in [4.69, 9.17) is 27.9 Å². The molecule has 0 aliphatic heterocycles. The van der Waals surface area contributed by atoms with E-state index < -0.39 is 0 Å². The Labute approximate surface area is 123 Å². The molecule has 2 aromatic rings. The Bertz CT molecular complexity index is 540. The molecule has 0 unspecified atom stereocenters. The number of nitrogens with one attached hydrogen (secondary N) is 1. The van der Waals surface area contributed by atoms with Gasteiger partial charge in [0.15, 0.2) is 0 Å². The van der Waals surface area contributed by atoms with Crippen LogP contribution >= 0.6 is 23.2 Å². The van der Waals surface area contributed by atoms with E-state index in [0.717, 1.165) is 30.2 Å². The fourth-order valence-electron chi connectivity index (χ4n) is 1.68. The first-order chi connectivity index (χ1) is 9.19. The topological polar surface area (TPSA) is 21.3 Å². The molecule has 0 aliphatic rings. The van der Waals surface area contributed by atoms with Gasteiger partial charge in [0.2, 0.25) is 0 Å². The average Bonchev–Trinajstić information content (AvgIpc) is 2.41. The molecule has 0 atom stereocenters. The van der Waals surface area contributed by atoms with Crippen LogP contribution in [0.5, 0.6) is 11.5 Å². The van der Waals surface area contributed by atoms with E-state index in [1.54, 1.807) is 12.1 Å². The van der Waals surface area contributed by atoms with Gasteiger partial charge in [-0.2, -0.15) is 0 Å². The van der Waals surface area contributed by atoms with E-state index in [-0.39, 0.29) is 0 Å². The highest BCUT2D eigenvalue weighted by molar-refractivity contribution is 6.30. The maximum absolute atomic E-state index is 6.02. The van der Waals surface area contributed by atoms with E-state index in [0.29, 0.717) is 10.0 Å². The molecule has 100 valence electrons. The van der Waals surface area contributed by atoms with Gasteiger partial charge in [-0.1, -0.05) is 30.1 Å². The molecule has 0 spiro atoms. The van der Waals surface area contributed by atoms with Gasteiger partial charge in [0, 0.05) is 22.2 Å². The van der Waals surface area contributed by atoms with E-state index in [1.165, 1.54) is 0 Å². The Morgan fingerprint density at radius 1 is 1.00 bits per heavy atom. The van der Waals surface area contributed by atoms with E-state index >= 15 is 0 Å². The summed E-state index contributed by atoms with van der Waals surface area (Å²) >= 11 is 11.9. The van der Waals surface area contributed by atoms with E-state index in [1.807, 2.05) is 30.3 Å². The highest BCUT2D eigenvalue weighted by atomic mass is 35.5. The zero-order valence-electron chi connectivity index (χ0n) is 10.6. The van der Waals surface area contributed by atoms with Gasteiger partial charge in [-0.3, -0.25) is 0 Å². The van der Waals surface area contributed by atoms with Crippen molar-refractivity contribution in [3.8, 4) is 11.5 Å². The molecule has 0 saturated heterocycles. The Kier molecular flexibility index (Phi) is 5.08. The van der Waals surface area contributed by atoms with Crippen molar-refractivity contribution < 1.29 is 4.74 Å². The fraction of sp³-hybridized carbons (Fsp3) is 0.200. The second-order valence-corrected chi connectivity index (χ2v) is 4.96. The lowest BCUT2D eigenvalue weighted by Gasteiger charge is -2.12. The van der Waals surface area contributed by atoms with Gasteiger partial charge in [0.1, 0.15) is 11.5 Å². The molecule has 2 rings (SSSR count). The summed E-state index contributed by atoms with van der Waals surface area (Å²) in [4.78, 5) is 0. The summed E-state index contributed by atoms with van der Waals surface area (Å²) in [6, 6.07) is 12.9. The third-order valence-electron chi connectivity index (χ3n) is 2.63. The molecule has 0 amide bonds. The maximum Gasteiger partial charge on any atom is 0.132 e. The molecule has 0 radical (unpaired) electrons. The van der Waals surface area contributed by atoms with Crippen LogP contribution in [0.3, 0.4) is 0 Å². The number of hydrogen-bond donors (Lipinski definition) is 1. The average molecular weight is 296 g/mol. The number of ether oxygens (including phenoxy) is 1. The van der Waals surface area contributed by atoms with Crippen LogP contribution in [-0.4, -0.2) is 6.54 Å². The summed E-state index contributed by atoms with van der Waals surface area (Å²) in [7, 11) is 0. The van der Waals surface area contributed by atoms with Crippen molar-refractivity contribution in [2.45, 2.75) is 13.5 Å². The lowest BCUT2D eigenvalue weighted by Crippen LogP contribution is -2.12. The Morgan fingerprint density at radius 3 is 2.37 bits per heavy atom. The molecule has 0 aliphatic carbocycles. The minimum atomic E-state index is 0.691. The molecule has 0 fully saturated rings. The molecule has 0 aromatic heterocycles. The molecule has 19 heavy (non-hydrogen) atoms. The van der Waals surface area contributed by atoms with Crippen molar-refractivity contribution in [3.63, 3.8) is 0 Å². The third kappa shape index (κ3) is 4.13. The Hall–Kier alpha value is -1.22. The molecule has 0 heterocycles. The molecule has 0 bridgehead atoms. The molecule has 2 aromatic carbocycles. The van der Waals surface area contributed by atoms with Crippen LogP contribution in [0.4, 0.5) is 0 Å². The van der Waals surface area contributed by atoms with Crippen LogP contribution in [0, 0.1) is 0 Å². The summed E-state index contributed by atoms with van der Waals surface area (Å²) in [5.74, 6) is 1.55. The van der Waals surface area contributed by atoms with Gasteiger partial charge in [-0.25, -0.2) is 0 Å². The van der Waals surface area contributed by atoms with Crippen molar-refractivity contribution >= 4 is 23.2 Å². The minimum Gasteiger partial charge on any atom is -0.457 e. The monoisotopic (exact) mass is 295 g/mol. The largest absolute Gasteiger partial charge is 0.457 e. The van der Waals surface area contributed by atoms with Crippen LogP contribution < -0.4 is 10.1 Å². The highest BCUT2D eigenvalue weighted by Crippen LogP contribution is 2.28. The predicted octanol–water partition coefficient (Wildman–Crippen LogP) is 4.90. The summed E-state index contributed by atoms with van der Waals surface area (Å²) in [6.45, 7) is 3.68. The maximum atomic E-state index is 6.02. The van der Waals surface area contributed by atoms with Crippen molar-refractivity contribution in [3.05, 3.63) is 58.1 Å². The highest BCUT2D eigenvalue weighted by Gasteiger charge is 2.06. The van der Waals surface area contributed by atoms with Crippen molar-refractivity contribution in [1.82, 2.24) is 5.32 Å². The first kappa shape index (κ1) is 14.2. The Morgan fingerprint density at radius 2 is 1.68 bits per heavy atom. The zero-order chi connectivity index (χ0) is 13.7. The Balaban J connectivity index is 2.20. The van der Waals surface area contributed by atoms with Gasteiger partial charge >= 0.3 is 0 Å². The SMILES string of the molecule is CCNCc1cc(Cl)ccc1Oc1ccc(Cl)cc1. The summed E-state index contributed by atoms with van der Waals surface area (Å²) < 4.78 is 5.86. The van der Waals surface area contributed by atoms with E-state index in [2.05, 4.69) is 12.2 Å². The summed E-state index contributed by atoms with van der Waals surface area (Å²) in [5, 5.41) is 4.66. The van der Waals surface area contributed by atoms with Gasteiger partial charge in [0.25, 0.3) is 0 Å². The molecule has 1 N–H and O–H groups in total. The summed E-state index contributed by atoms with van der Waals surface area (Å²) in [5.41, 5.74) is 1.03. The predicted molar refractivity (Wildman–Crippen MR) is 80.4 cm³/mol. The number of benzene rings is 2. The summed E-state index contributed by atoms with van der Waals surface area (Å²) in [6.07, 6.45) is 0. The van der Waals surface area contributed by atoms with E-state index in [9.17, 15) is 0 Å². The van der Waals surface area contributed by atoms with Crippen LogP contribution in [-0.2, 0) is 6.54 Å². The zero-order valence-corrected chi connectivity index (χ0v) is 12.1. The number of rotatable bonds is 5. The second-order valence-electron chi connectivity index (χ2n) is 4.09. The minimum absolute atomic E-state index is 0.691. The fourth-order valence-corrected chi connectivity index (χ4v) is 2.00. The standard InChI is InChI=1S/C15H15Cl2NO/c1-2-18-10-11-9-13(17)5-8-15(11)19-14-6-3-12(16)4-7-14/h3-9,18H,2,10H2,1H3. The number of hydrogen-bond acceptors (Lipinski definition) is 2. The molecule has 2 nitrogen and oxygen atoms in total. The van der Waals surface area contributed by atoms with Crippen LogP contribution in [0.15, 0.2) is 42.5 Å². The van der Waals surface area contributed by atoms with Crippen molar-refractivity contribution in [2.24, 2.45) is 0 Å². The van der Waals surface area contributed by atoms with Crippen molar-refractivity contribution in [2.75, 3.05) is 6.54 Å². The lowest BCUT2D eigenvalue weighted by atomic mass is 10.2. The van der Waals surface area contributed by atoms with Crippen molar-refractivity contribution in [1.29, 1.82) is 0 Å². The lowest BCUT2D eigenvalue weighted by molar-refractivity contribution is 0.473. The third-order valence-corrected chi connectivity index (χ3v) is 3.12. The van der Waals surface area contributed by atoms with Crippen LogP contribution in [0.1, 0.15) is 12.5 Å². The first-order valence-corrected chi connectivity index (χ1v) is 6.87. The van der Waals surface area contributed by atoms with Crippen LogP contribution in [0.25, 0.3) is 0 Å². The normalized spacial score (nSPS) is 10.5. The first-order valence-electron chi connectivity index (χ1n) is 6.11. The molecule has 4 heteroatoms. The number of halogens is 2. The molecular weight excluding hydrogens is 281 g/mol. The van der Waals surface area contributed by atoms with Gasteiger partial charge in [0.05, 0.1) is 0 Å². The smallest absolute Gasteiger partial charge is 0.132 e.